The first kappa shape index (κ1) is 8.38. The molecule has 0 atom stereocenters. The van der Waals surface area contributed by atoms with E-state index in [0.717, 1.165) is 6.42 Å². The van der Waals surface area contributed by atoms with Gasteiger partial charge in [0.15, 0.2) is 0 Å². The van der Waals surface area contributed by atoms with Crippen molar-refractivity contribution in [2.24, 2.45) is 0 Å². The zero-order valence-corrected chi connectivity index (χ0v) is 7.84. The van der Waals surface area contributed by atoms with E-state index in [4.69, 9.17) is 0 Å². The van der Waals surface area contributed by atoms with Gasteiger partial charge in [-0.15, -0.1) is 0 Å². The first-order valence-electron chi connectivity index (χ1n) is 5.03. The summed E-state index contributed by atoms with van der Waals surface area (Å²) < 4.78 is 0. The fourth-order valence-corrected chi connectivity index (χ4v) is 1.72. The van der Waals surface area contributed by atoms with Crippen LogP contribution in [0.25, 0.3) is 0 Å². The smallest absolute Gasteiger partial charge is 0.0277 e. The molecule has 2 rings (SSSR count). The maximum Gasteiger partial charge on any atom is 0.0277 e. The maximum atomic E-state index is 3.26. The molecule has 0 saturated heterocycles. The molecule has 1 aromatic rings. The van der Waals surface area contributed by atoms with Gasteiger partial charge in [0.05, 0.1) is 0 Å². The number of rotatable bonds is 0. The number of fused-ring (bicyclic) bond motifs is 1. The number of benzene rings is 1. The standard InChI is InChI=1S/C13H14/c1-2-4-8-12-10-6-7-11-13(12)9-5-3-1/h6-7,10-11H,1-4,8H2. The highest BCUT2D eigenvalue weighted by atomic mass is 14.0. The number of hydrogen-bond acceptors (Lipinski definition) is 0. The summed E-state index contributed by atoms with van der Waals surface area (Å²) in [6.07, 6.45) is 6.16. The quantitative estimate of drug-likeness (QED) is 0.525. The number of hydrogen-bond donors (Lipinski definition) is 0. The summed E-state index contributed by atoms with van der Waals surface area (Å²) in [5.41, 5.74) is 2.67. The Bertz CT molecular complexity index is 339. The monoisotopic (exact) mass is 170 g/mol. The van der Waals surface area contributed by atoms with Crippen LogP contribution in [0.3, 0.4) is 0 Å². The molecular formula is C13H14. The van der Waals surface area contributed by atoms with Crippen molar-refractivity contribution >= 4 is 0 Å². The van der Waals surface area contributed by atoms with Crippen LogP contribution in [0.5, 0.6) is 0 Å². The van der Waals surface area contributed by atoms with Gasteiger partial charge >= 0.3 is 0 Å². The SMILES string of the molecule is C1#Cc2ccccc2CCCCC1. The summed E-state index contributed by atoms with van der Waals surface area (Å²) in [7, 11) is 0. The molecule has 66 valence electrons. The van der Waals surface area contributed by atoms with E-state index in [1.54, 1.807) is 0 Å². The second-order valence-electron chi connectivity index (χ2n) is 3.52. The lowest BCUT2D eigenvalue weighted by Gasteiger charge is -2.02. The molecule has 0 bridgehead atoms. The Morgan fingerprint density at radius 1 is 1.00 bits per heavy atom. The van der Waals surface area contributed by atoms with Gasteiger partial charge in [-0.2, -0.15) is 0 Å². The minimum absolute atomic E-state index is 1.06. The molecule has 0 saturated carbocycles. The van der Waals surface area contributed by atoms with Crippen LogP contribution >= 0.6 is 0 Å². The highest BCUT2D eigenvalue weighted by Crippen LogP contribution is 2.14. The summed E-state index contributed by atoms with van der Waals surface area (Å²) in [4.78, 5) is 0. The van der Waals surface area contributed by atoms with Crippen LogP contribution in [0.15, 0.2) is 24.3 Å². The lowest BCUT2D eigenvalue weighted by molar-refractivity contribution is 0.694. The van der Waals surface area contributed by atoms with E-state index in [-0.39, 0.29) is 0 Å². The van der Waals surface area contributed by atoms with Gasteiger partial charge < -0.3 is 0 Å². The average molecular weight is 170 g/mol. The molecule has 0 heteroatoms. The van der Waals surface area contributed by atoms with Crippen LogP contribution in [0.2, 0.25) is 0 Å². The van der Waals surface area contributed by atoms with Crippen LogP contribution < -0.4 is 0 Å². The van der Waals surface area contributed by atoms with Gasteiger partial charge in [0.1, 0.15) is 0 Å². The molecule has 0 N–H and O–H groups in total. The molecule has 0 aliphatic heterocycles. The summed E-state index contributed by atoms with van der Waals surface area (Å²) in [6.45, 7) is 0. The molecule has 0 nitrogen and oxygen atoms in total. The Morgan fingerprint density at radius 3 is 2.92 bits per heavy atom. The zero-order chi connectivity index (χ0) is 8.93. The van der Waals surface area contributed by atoms with Crippen molar-refractivity contribution in [3.05, 3.63) is 35.4 Å². The lowest BCUT2D eigenvalue weighted by Crippen LogP contribution is -1.88. The van der Waals surface area contributed by atoms with Crippen molar-refractivity contribution in [2.75, 3.05) is 0 Å². The molecule has 1 aliphatic rings. The van der Waals surface area contributed by atoms with Crippen LogP contribution in [0.4, 0.5) is 0 Å². The Labute approximate surface area is 80.0 Å². The molecule has 0 unspecified atom stereocenters. The van der Waals surface area contributed by atoms with Crippen LogP contribution in [0, 0.1) is 11.8 Å². The van der Waals surface area contributed by atoms with E-state index < -0.39 is 0 Å². The maximum absolute atomic E-state index is 3.26. The van der Waals surface area contributed by atoms with E-state index >= 15 is 0 Å². The molecule has 0 radical (unpaired) electrons. The van der Waals surface area contributed by atoms with Crippen molar-refractivity contribution in [1.29, 1.82) is 0 Å². The Kier molecular flexibility index (Phi) is 2.67. The summed E-state index contributed by atoms with van der Waals surface area (Å²) in [5.74, 6) is 6.49. The molecule has 0 amide bonds. The predicted molar refractivity (Wildman–Crippen MR) is 55.5 cm³/mol. The predicted octanol–water partition coefficient (Wildman–Crippen LogP) is 3.15. The Hall–Kier alpha value is -1.22. The van der Waals surface area contributed by atoms with Crippen LogP contribution in [0.1, 0.15) is 36.8 Å². The third-order valence-electron chi connectivity index (χ3n) is 2.49. The van der Waals surface area contributed by atoms with Gasteiger partial charge in [0.25, 0.3) is 0 Å². The first-order valence-corrected chi connectivity index (χ1v) is 5.03. The molecule has 1 aromatic carbocycles. The van der Waals surface area contributed by atoms with Crippen molar-refractivity contribution in [3.8, 4) is 11.8 Å². The van der Waals surface area contributed by atoms with E-state index in [0.29, 0.717) is 0 Å². The Morgan fingerprint density at radius 2 is 1.92 bits per heavy atom. The minimum atomic E-state index is 1.06. The van der Waals surface area contributed by atoms with E-state index in [2.05, 4.69) is 36.1 Å². The highest BCUT2D eigenvalue weighted by Gasteiger charge is 2.00. The van der Waals surface area contributed by atoms with Crippen molar-refractivity contribution in [2.45, 2.75) is 32.1 Å². The Balaban J connectivity index is 2.32. The van der Waals surface area contributed by atoms with Crippen molar-refractivity contribution in [1.82, 2.24) is 0 Å². The van der Waals surface area contributed by atoms with E-state index in [9.17, 15) is 0 Å². The molecule has 0 spiro atoms. The van der Waals surface area contributed by atoms with Gasteiger partial charge in [0, 0.05) is 12.0 Å². The fraction of sp³-hybridized carbons (Fsp3) is 0.385. The van der Waals surface area contributed by atoms with Gasteiger partial charge in [-0.3, -0.25) is 0 Å². The normalized spacial score (nSPS) is 15.7. The summed E-state index contributed by atoms with van der Waals surface area (Å²) >= 11 is 0. The second-order valence-corrected chi connectivity index (χ2v) is 3.52. The van der Waals surface area contributed by atoms with E-state index in [1.165, 1.54) is 36.8 Å². The molecule has 1 aliphatic carbocycles. The van der Waals surface area contributed by atoms with Crippen molar-refractivity contribution in [3.63, 3.8) is 0 Å². The van der Waals surface area contributed by atoms with Gasteiger partial charge in [0.2, 0.25) is 0 Å². The number of aryl methyl sites for hydroxylation is 1. The minimum Gasteiger partial charge on any atom is -0.0979 e. The van der Waals surface area contributed by atoms with Crippen LogP contribution in [-0.4, -0.2) is 0 Å². The molecule has 0 fully saturated rings. The largest absolute Gasteiger partial charge is 0.0979 e. The zero-order valence-electron chi connectivity index (χ0n) is 7.84. The van der Waals surface area contributed by atoms with Gasteiger partial charge in [-0.1, -0.05) is 36.5 Å². The third kappa shape index (κ3) is 2.12. The molecule has 0 aromatic heterocycles. The fourth-order valence-electron chi connectivity index (χ4n) is 1.72. The third-order valence-corrected chi connectivity index (χ3v) is 2.49. The topological polar surface area (TPSA) is 0 Å². The van der Waals surface area contributed by atoms with Gasteiger partial charge in [-0.05, 0) is 30.9 Å². The van der Waals surface area contributed by atoms with E-state index in [1.807, 2.05) is 0 Å². The van der Waals surface area contributed by atoms with Crippen molar-refractivity contribution < 1.29 is 0 Å². The molecular weight excluding hydrogens is 156 g/mol. The first-order chi connectivity index (χ1) is 6.47. The molecule has 0 heterocycles. The second kappa shape index (κ2) is 4.14. The van der Waals surface area contributed by atoms with Crippen LogP contribution in [-0.2, 0) is 6.42 Å². The average Bonchev–Trinajstić information content (AvgIpc) is 2.28. The lowest BCUT2D eigenvalue weighted by atomic mass is 10.0. The molecule has 13 heavy (non-hydrogen) atoms. The summed E-state index contributed by atoms with van der Waals surface area (Å²) in [6, 6.07) is 8.52. The summed E-state index contributed by atoms with van der Waals surface area (Å²) in [5, 5.41) is 0. The van der Waals surface area contributed by atoms with Gasteiger partial charge in [-0.25, -0.2) is 0 Å². The highest BCUT2D eigenvalue weighted by molar-refractivity contribution is 5.41.